The Morgan fingerprint density at radius 1 is 1.08 bits per heavy atom. The third kappa shape index (κ3) is 4.56. The van der Waals surface area contributed by atoms with Crippen LogP contribution < -0.4 is 4.74 Å². The van der Waals surface area contributed by atoms with Gasteiger partial charge in [-0.2, -0.15) is 4.31 Å². The molecule has 0 aliphatic rings. The smallest absolute Gasteiger partial charge is 0.318 e. The van der Waals surface area contributed by atoms with Gasteiger partial charge in [0.2, 0.25) is 10.0 Å². The lowest BCUT2D eigenvalue weighted by Crippen LogP contribution is -2.37. The number of rotatable bonds is 8. The molecule has 0 heterocycles. The van der Waals surface area contributed by atoms with E-state index in [-0.39, 0.29) is 11.4 Å². The topological polar surface area (TPSA) is 83.9 Å². The lowest BCUT2D eigenvalue weighted by molar-refractivity contribution is -0.137. The van der Waals surface area contributed by atoms with Gasteiger partial charge in [-0.3, -0.25) is 4.79 Å². The molecule has 2 aromatic rings. The molecule has 0 atom stereocenters. The highest BCUT2D eigenvalue weighted by atomic mass is 32.2. The molecule has 2 rings (SSSR count). The zero-order valence-electron chi connectivity index (χ0n) is 13.3. The van der Waals surface area contributed by atoms with Crippen LogP contribution in [0, 0.1) is 0 Å². The maximum absolute atomic E-state index is 12.7. The Bertz CT molecular complexity index is 772. The van der Waals surface area contributed by atoms with Gasteiger partial charge in [0.25, 0.3) is 0 Å². The molecule has 0 fully saturated rings. The van der Waals surface area contributed by atoms with Crippen molar-refractivity contribution in [1.29, 1.82) is 0 Å². The molecule has 0 bridgehead atoms. The number of aliphatic carboxylic acids is 1. The van der Waals surface area contributed by atoms with Crippen LogP contribution in [0.4, 0.5) is 0 Å². The highest BCUT2D eigenvalue weighted by molar-refractivity contribution is 7.89. The Kier molecular flexibility index (Phi) is 5.94. The minimum Gasteiger partial charge on any atom is -0.497 e. The number of sulfonamides is 1. The number of carbonyl (C=O) groups is 1. The summed E-state index contributed by atoms with van der Waals surface area (Å²) in [4.78, 5) is 11.1. The average Bonchev–Trinajstić information content (AvgIpc) is 2.59. The molecule has 0 spiro atoms. The maximum atomic E-state index is 12.7. The molecular weight excluding hydrogens is 330 g/mol. The normalized spacial score (nSPS) is 11.4. The molecule has 0 amide bonds. The van der Waals surface area contributed by atoms with Gasteiger partial charge in [0.1, 0.15) is 12.3 Å². The summed E-state index contributed by atoms with van der Waals surface area (Å²) in [7, 11) is -2.41. The second kappa shape index (κ2) is 7.94. The zero-order chi connectivity index (χ0) is 17.6. The van der Waals surface area contributed by atoms with Gasteiger partial charge in [0.15, 0.2) is 0 Å². The van der Waals surface area contributed by atoms with Crippen molar-refractivity contribution in [2.24, 2.45) is 0 Å². The Hall–Kier alpha value is -2.38. The first kappa shape index (κ1) is 18.0. The number of hydrogen-bond acceptors (Lipinski definition) is 4. The molecule has 0 saturated carbocycles. The van der Waals surface area contributed by atoms with Gasteiger partial charge < -0.3 is 9.84 Å². The fraction of sp³-hybridized carbons (Fsp3) is 0.235. The van der Waals surface area contributed by atoms with E-state index in [4.69, 9.17) is 9.84 Å². The first-order chi connectivity index (χ1) is 11.4. The van der Waals surface area contributed by atoms with Crippen LogP contribution in [0.3, 0.4) is 0 Å². The van der Waals surface area contributed by atoms with Gasteiger partial charge in [-0.05, 0) is 36.2 Å². The van der Waals surface area contributed by atoms with E-state index < -0.39 is 22.5 Å². The summed E-state index contributed by atoms with van der Waals surface area (Å²) in [5, 5.41) is 9.05. The zero-order valence-corrected chi connectivity index (χ0v) is 14.1. The van der Waals surface area contributed by atoms with E-state index in [1.54, 1.807) is 0 Å². The highest BCUT2D eigenvalue weighted by Crippen LogP contribution is 2.19. The van der Waals surface area contributed by atoms with Crippen LogP contribution in [0.15, 0.2) is 59.5 Å². The van der Waals surface area contributed by atoms with E-state index in [9.17, 15) is 13.2 Å². The van der Waals surface area contributed by atoms with Crippen LogP contribution in [0.2, 0.25) is 0 Å². The lowest BCUT2D eigenvalue weighted by atomic mass is 10.1. The number of benzene rings is 2. The number of carboxylic acid groups (broad SMARTS) is 1. The highest BCUT2D eigenvalue weighted by Gasteiger charge is 2.26. The SMILES string of the molecule is COc1ccc(S(=O)(=O)N(CCc2ccccc2)CC(=O)O)cc1. The van der Waals surface area contributed by atoms with Gasteiger partial charge >= 0.3 is 5.97 Å². The van der Waals surface area contributed by atoms with Crippen molar-refractivity contribution in [2.75, 3.05) is 20.2 Å². The summed E-state index contributed by atoms with van der Waals surface area (Å²) in [6.07, 6.45) is 0.434. The first-order valence-electron chi connectivity index (χ1n) is 7.33. The molecule has 7 heteroatoms. The molecule has 6 nitrogen and oxygen atoms in total. The van der Waals surface area contributed by atoms with Crippen LogP contribution in [0.25, 0.3) is 0 Å². The molecule has 0 aromatic heterocycles. The number of carboxylic acids is 1. The second-order valence-electron chi connectivity index (χ2n) is 5.14. The van der Waals surface area contributed by atoms with E-state index in [1.807, 2.05) is 30.3 Å². The fourth-order valence-corrected chi connectivity index (χ4v) is 3.62. The number of hydrogen-bond donors (Lipinski definition) is 1. The van der Waals surface area contributed by atoms with Gasteiger partial charge in [0, 0.05) is 6.54 Å². The van der Waals surface area contributed by atoms with Gasteiger partial charge in [-0.1, -0.05) is 30.3 Å². The Labute approximate surface area is 141 Å². The summed E-state index contributed by atoms with van der Waals surface area (Å²) < 4.78 is 31.4. The molecule has 0 aliphatic heterocycles. The minimum absolute atomic E-state index is 0.0395. The summed E-state index contributed by atoms with van der Waals surface area (Å²) in [5.41, 5.74) is 0.942. The van der Waals surface area contributed by atoms with Gasteiger partial charge in [0.05, 0.1) is 12.0 Å². The Morgan fingerprint density at radius 2 is 1.71 bits per heavy atom. The Morgan fingerprint density at radius 3 is 2.25 bits per heavy atom. The quantitative estimate of drug-likeness (QED) is 0.788. The largest absolute Gasteiger partial charge is 0.497 e. The van der Waals surface area contributed by atoms with E-state index >= 15 is 0 Å². The van der Waals surface area contributed by atoms with Gasteiger partial charge in [-0.15, -0.1) is 0 Å². The molecule has 2 aromatic carbocycles. The molecule has 0 aliphatic carbocycles. The summed E-state index contributed by atoms with van der Waals surface area (Å²) in [6, 6.07) is 15.2. The van der Waals surface area contributed by atoms with Crippen molar-refractivity contribution < 1.29 is 23.1 Å². The predicted octanol–water partition coefficient (Wildman–Crippen LogP) is 2.01. The monoisotopic (exact) mass is 349 g/mol. The fourth-order valence-electron chi connectivity index (χ4n) is 2.23. The van der Waals surface area contributed by atoms with E-state index in [0.29, 0.717) is 12.2 Å². The van der Waals surface area contributed by atoms with E-state index in [2.05, 4.69) is 0 Å². The standard InChI is InChI=1S/C17H19NO5S/c1-23-15-7-9-16(10-8-15)24(21,22)18(13-17(19)20)12-11-14-5-3-2-4-6-14/h2-10H,11-13H2,1H3,(H,19,20). The predicted molar refractivity (Wildman–Crippen MR) is 89.5 cm³/mol. The van der Waals surface area contributed by atoms with Crippen molar-refractivity contribution in [3.63, 3.8) is 0 Å². The number of ether oxygens (including phenoxy) is 1. The van der Waals surface area contributed by atoms with E-state index in [1.165, 1.54) is 31.4 Å². The summed E-state index contributed by atoms with van der Waals surface area (Å²) in [6.45, 7) is -0.494. The van der Waals surface area contributed by atoms with E-state index in [0.717, 1.165) is 9.87 Å². The molecule has 128 valence electrons. The molecule has 0 saturated heterocycles. The molecular formula is C17H19NO5S. The van der Waals surface area contributed by atoms with Crippen LogP contribution in [0.5, 0.6) is 5.75 Å². The van der Waals surface area contributed by atoms with Crippen LogP contribution in [-0.2, 0) is 21.2 Å². The van der Waals surface area contributed by atoms with Crippen LogP contribution in [-0.4, -0.2) is 44.0 Å². The summed E-state index contributed by atoms with van der Waals surface area (Å²) >= 11 is 0. The lowest BCUT2D eigenvalue weighted by Gasteiger charge is -2.20. The molecule has 24 heavy (non-hydrogen) atoms. The van der Waals surface area contributed by atoms with Crippen LogP contribution >= 0.6 is 0 Å². The van der Waals surface area contributed by atoms with Gasteiger partial charge in [-0.25, -0.2) is 8.42 Å². The minimum atomic E-state index is -3.89. The average molecular weight is 349 g/mol. The first-order valence-corrected chi connectivity index (χ1v) is 8.77. The van der Waals surface area contributed by atoms with Crippen molar-refractivity contribution in [3.05, 3.63) is 60.2 Å². The summed E-state index contributed by atoms with van der Waals surface area (Å²) in [5.74, 6) is -0.664. The maximum Gasteiger partial charge on any atom is 0.318 e. The van der Waals surface area contributed by atoms with Crippen LogP contribution in [0.1, 0.15) is 5.56 Å². The molecule has 0 unspecified atom stereocenters. The van der Waals surface area contributed by atoms with Crippen molar-refractivity contribution in [1.82, 2.24) is 4.31 Å². The third-order valence-corrected chi connectivity index (χ3v) is 5.36. The van der Waals surface area contributed by atoms with Crippen molar-refractivity contribution >= 4 is 16.0 Å². The number of methoxy groups -OCH3 is 1. The molecule has 0 radical (unpaired) electrons. The Balaban J connectivity index is 2.22. The van der Waals surface area contributed by atoms with Crippen molar-refractivity contribution in [2.45, 2.75) is 11.3 Å². The second-order valence-corrected chi connectivity index (χ2v) is 7.08. The van der Waals surface area contributed by atoms with Crippen molar-refractivity contribution in [3.8, 4) is 5.75 Å². The molecule has 1 N–H and O–H groups in total. The number of nitrogens with zero attached hydrogens (tertiary/aromatic N) is 1. The third-order valence-electron chi connectivity index (χ3n) is 3.50.